The van der Waals surface area contributed by atoms with Crippen LogP contribution in [0, 0.1) is 5.92 Å². The first-order valence-corrected chi connectivity index (χ1v) is 5.76. The maximum absolute atomic E-state index is 11.8. The summed E-state index contributed by atoms with van der Waals surface area (Å²) in [5, 5.41) is 11.5. The Balaban J connectivity index is 2.51. The lowest BCUT2D eigenvalue weighted by Gasteiger charge is -2.22. The van der Waals surface area contributed by atoms with Crippen molar-refractivity contribution < 1.29 is 19.4 Å². The summed E-state index contributed by atoms with van der Waals surface area (Å²) in [6.45, 7) is 4.66. The van der Waals surface area contributed by atoms with Gasteiger partial charge in [0.25, 0.3) is 0 Å². The van der Waals surface area contributed by atoms with Gasteiger partial charge in [-0.15, -0.1) is 0 Å². The second kappa shape index (κ2) is 5.86. The van der Waals surface area contributed by atoms with Gasteiger partial charge in [0.15, 0.2) is 0 Å². The summed E-state index contributed by atoms with van der Waals surface area (Å²) >= 11 is 0. The molecule has 98 valence electrons. The van der Waals surface area contributed by atoms with Gasteiger partial charge < -0.3 is 20.1 Å². The molecule has 6 heteroatoms. The fourth-order valence-corrected chi connectivity index (χ4v) is 1.84. The van der Waals surface area contributed by atoms with Crippen LogP contribution < -0.4 is 5.32 Å². The average Bonchev–Trinajstić information content (AvgIpc) is 2.73. The first-order chi connectivity index (χ1) is 7.95. The third kappa shape index (κ3) is 3.59. The molecule has 2 unspecified atom stereocenters. The van der Waals surface area contributed by atoms with Gasteiger partial charge >= 0.3 is 12.0 Å². The number of hydrogen-bond donors (Lipinski definition) is 2. The molecule has 0 bridgehead atoms. The van der Waals surface area contributed by atoms with E-state index >= 15 is 0 Å². The molecular formula is C11H20N2O4. The second-order valence-electron chi connectivity index (χ2n) is 4.60. The summed E-state index contributed by atoms with van der Waals surface area (Å²) in [5.41, 5.74) is 0. The van der Waals surface area contributed by atoms with Crippen LogP contribution in [0.2, 0.25) is 0 Å². The lowest BCUT2D eigenvalue weighted by atomic mass is 10.1. The minimum atomic E-state index is -1.00. The number of aliphatic carboxylic acids is 1. The Kier molecular flexibility index (Phi) is 4.74. The highest BCUT2D eigenvalue weighted by molar-refractivity contribution is 5.82. The highest BCUT2D eigenvalue weighted by atomic mass is 16.5. The average molecular weight is 244 g/mol. The maximum atomic E-state index is 11.8. The summed E-state index contributed by atoms with van der Waals surface area (Å²) in [6, 6.07) is -1.17. The number of methoxy groups -OCH3 is 1. The highest BCUT2D eigenvalue weighted by Crippen LogP contribution is 2.12. The Morgan fingerprint density at radius 1 is 1.47 bits per heavy atom. The number of carbonyl (C=O) groups excluding carboxylic acids is 1. The molecule has 2 atom stereocenters. The molecule has 0 aromatic rings. The predicted molar refractivity (Wildman–Crippen MR) is 61.8 cm³/mol. The number of ether oxygens (including phenoxy) is 1. The van der Waals surface area contributed by atoms with Gasteiger partial charge in [-0.05, 0) is 12.3 Å². The molecule has 0 aromatic heterocycles. The largest absolute Gasteiger partial charge is 0.480 e. The second-order valence-corrected chi connectivity index (χ2v) is 4.60. The number of likely N-dealkylation sites (tertiary alicyclic amines) is 1. The first kappa shape index (κ1) is 13.8. The van der Waals surface area contributed by atoms with Gasteiger partial charge in [0.2, 0.25) is 0 Å². The number of hydrogen-bond acceptors (Lipinski definition) is 3. The van der Waals surface area contributed by atoms with Crippen LogP contribution in [0.3, 0.4) is 0 Å². The molecule has 1 aliphatic heterocycles. The smallest absolute Gasteiger partial charge is 0.326 e. The van der Waals surface area contributed by atoms with Crippen molar-refractivity contribution in [3.05, 3.63) is 0 Å². The number of carboxylic acids is 1. The standard InChI is InChI=1S/C11H20N2O4/c1-7(2)9(10(14)15)12-11(16)13-5-4-8(6-13)17-3/h7-9H,4-6H2,1-3H3,(H,12,16)(H,14,15). The Labute approximate surface area is 101 Å². The number of rotatable bonds is 4. The highest BCUT2D eigenvalue weighted by Gasteiger charge is 2.30. The van der Waals surface area contributed by atoms with Gasteiger partial charge in [0, 0.05) is 20.2 Å². The number of amides is 2. The zero-order valence-electron chi connectivity index (χ0n) is 10.5. The van der Waals surface area contributed by atoms with Crippen molar-refractivity contribution in [1.29, 1.82) is 0 Å². The minimum absolute atomic E-state index is 0.0584. The quantitative estimate of drug-likeness (QED) is 0.756. The van der Waals surface area contributed by atoms with E-state index in [1.165, 1.54) is 0 Å². The topological polar surface area (TPSA) is 78.9 Å². The number of carbonyl (C=O) groups is 2. The van der Waals surface area contributed by atoms with E-state index in [2.05, 4.69) is 5.32 Å². The van der Waals surface area contributed by atoms with Crippen molar-refractivity contribution in [3.63, 3.8) is 0 Å². The van der Waals surface area contributed by atoms with Crippen molar-refractivity contribution in [2.45, 2.75) is 32.4 Å². The molecule has 0 spiro atoms. The van der Waals surface area contributed by atoms with Gasteiger partial charge in [-0.1, -0.05) is 13.8 Å². The molecule has 0 radical (unpaired) electrons. The summed E-state index contributed by atoms with van der Waals surface area (Å²) in [6.07, 6.45) is 0.853. The molecule has 2 N–H and O–H groups in total. The molecular weight excluding hydrogens is 224 g/mol. The maximum Gasteiger partial charge on any atom is 0.326 e. The number of urea groups is 1. The minimum Gasteiger partial charge on any atom is -0.480 e. The van der Waals surface area contributed by atoms with Crippen molar-refractivity contribution >= 4 is 12.0 Å². The van der Waals surface area contributed by atoms with Gasteiger partial charge in [-0.25, -0.2) is 9.59 Å². The predicted octanol–water partition coefficient (Wildman–Crippen LogP) is 0.526. The summed E-state index contributed by atoms with van der Waals surface area (Å²) < 4.78 is 5.15. The van der Waals surface area contributed by atoms with E-state index in [1.54, 1.807) is 25.9 Å². The number of nitrogens with one attached hydrogen (secondary N) is 1. The zero-order valence-corrected chi connectivity index (χ0v) is 10.5. The fraction of sp³-hybridized carbons (Fsp3) is 0.818. The van der Waals surface area contributed by atoms with Crippen LogP contribution in [0.5, 0.6) is 0 Å². The monoisotopic (exact) mass is 244 g/mol. The molecule has 17 heavy (non-hydrogen) atoms. The fourth-order valence-electron chi connectivity index (χ4n) is 1.84. The molecule has 6 nitrogen and oxygen atoms in total. The van der Waals surface area contributed by atoms with Crippen molar-refractivity contribution in [3.8, 4) is 0 Å². The Hall–Kier alpha value is -1.30. The van der Waals surface area contributed by atoms with Gasteiger partial charge in [0.05, 0.1) is 6.10 Å². The van der Waals surface area contributed by atoms with Crippen LogP contribution in [0.25, 0.3) is 0 Å². The van der Waals surface area contributed by atoms with E-state index in [4.69, 9.17) is 9.84 Å². The van der Waals surface area contributed by atoms with Crippen molar-refractivity contribution in [2.75, 3.05) is 20.2 Å². The Bertz CT molecular complexity index is 293. The third-order valence-electron chi connectivity index (χ3n) is 2.98. The van der Waals surface area contributed by atoms with E-state index < -0.39 is 12.0 Å². The van der Waals surface area contributed by atoms with E-state index in [1.807, 2.05) is 0 Å². The third-order valence-corrected chi connectivity index (χ3v) is 2.98. The van der Waals surface area contributed by atoms with Crippen LogP contribution in [0.4, 0.5) is 4.79 Å². The Morgan fingerprint density at radius 3 is 2.53 bits per heavy atom. The van der Waals surface area contributed by atoms with Crippen LogP contribution in [0.1, 0.15) is 20.3 Å². The molecule has 0 aliphatic carbocycles. The van der Waals surface area contributed by atoms with E-state index in [9.17, 15) is 9.59 Å². The van der Waals surface area contributed by atoms with E-state index in [-0.39, 0.29) is 18.1 Å². The summed E-state index contributed by atoms with van der Waals surface area (Å²) in [4.78, 5) is 24.4. The van der Waals surface area contributed by atoms with Crippen LogP contribution in [0.15, 0.2) is 0 Å². The molecule has 1 fully saturated rings. The lowest BCUT2D eigenvalue weighted by molar-refractivity contribution is -0.140. The van der Waals surface area contributed by atoms with E-state index in [0.29, 0.717) is 13.1 Å². The van der Waals surface area contributed by atoms with Crippen LogP contribution in [-0.2, 0) is 9.53 Å². The summed E-state index contributed by atoms with van der Waals surface area (Å²) in [7, 11) is 1.61. The van der Waals surface area contributed by atoms with Crippen molar-refractivity contribution in [2.24, 2.45) is 5.92 Å². The molecule has 1 aliphatic rings. The molecule has 0 saturated carbocycles. The number of carboxylic acid groups (broad SMARTS) is 1. The van der Waals surface area contributed by atoms with Gasteiger partial charge in [-0.3, -0.25) is 0 Å². The molecule has 1 saturated heterocycles. The molecule has 0 aromatic carbocycles. The molecule has 2 amide bonds. The molecule has 1 heterocycles. The van der Waals surface area contributed by atoms with Crippen LogP contribution in [-0.4, -0.2) is 54.4 Å². The SMILES string of the molecule is COC1CCN(C(=O)NC(C(=O)O)C(C)C)C1. The van der Waals surface area contributed by atoms with Gasteiger partial charge in [-0.2, -0.15) is 0 Å². The number of nitrogens with zero attached hydrogens (tertiary/aromatic N) is 1. The van der Waals surface area contributed by atoms with E-state index in [0.717, 1.165) is 6.42 Å². The molecule has 1 rings (SSSR count). The first-order valence-electron chi connectivity index (χ1n) is 5.76. The Morgan fingerprint density at radius 2 is 2.12 bits per heavy atom. The lowest BCUT2D eigenvalue weighted by Crippen LogP contribution is -2.49. The normalized spacial score (nSPS) is 21.6. The summed E-state index contributed by atoms with van der Waals surface area (Å²) in [5.74, 6) is -1.15. The van der Waals surface area contributed by atoms with Gasteiger partial charge in [0.1, 0.15) is 6.04 Å². The van der Waals surface area contributed by atoms with Crippen molar-refractivity contribution in [1.82, 2.24) is 10.2 Å². The van der Waals surface area contributed by atoms with Crippen LogP contribution >= 0.6 is 0 Å². The zero-order chi connectivity index (χ0) is 13.0.